The first-order valence-corrected chi connectivity index (χ1v) is 5.46. The number of carbonyl (C=O) groups is 1. The normalized spacial score (nSPS) is 8.82. The molecule has 1 rings (SSSR count). The summed E-state index contributed by atoms with van der Waals surface area (Å²) >= 11 is -5.75. The fraction of sp³-hybridized carbons (Fsp3) is 0. The second-order valence-corrected chi connectivity index (χ2v) is 3.48. The van der Waals surface area contributed by atoms with E-state index in [1.165, 1.54) is 24.3 Å². The van der Waals surface area contributed by atoms with Gasteiger partial charge in [0.2, 0.25) is 0 Å². The van der Waals surface area contributed by atoms with Gasteiger partial charge >= 0.3 is 74.5 Å². The van der Waals surface area contributed by atoms with E-state index in [2.05, 4.69) is 0 Å². The molecule has 1 N–H and O–H groups in total. The molecule has 7 nitrogen and oxygen atoms in total. The van der Waals surface area contributed by atoms with E-state index in [1.54, 1.807) is 0 Å². The number of carboxylic acids is 1. The molecule has 10 heteroatoms. The first kappa shape index (κ1) is 22.0. The minimum absolute atomic E-state index is 0. The molecule has 0 saturated carbocycles. The van der Waals surface area contributed by atoms with Gasteiger partial charge in [-0.3, -0.25) is 0 Å². The van der Waals surface area contributed by atoms with E-state index in [-0.39, 0.29) is 44.5 Å². The van der Waals surface area contributed by atoms with Crippen molar-refractivity contribution in [1.82, 2.24) is 0 Å². The molecule has 0 amide bonds. The maximum absolute atomic E-state index is 10.7. The average Bonchev–Trinajstić information content (AvgIpc) is 2.01. The van der Waals surface area contributed by atoms with Crippen LogP contribution in [0.1, 0.15) is 10.4 Å². The summed E-state index contributed by atoms with van der Waals surface area (Å²) in [5.74, 6) is -1.62. The first-order valence-electron chi connectivity index (χ1n) is 3.38. The Bertz CT molecular complexity index is 437. The smallest absolute Gasteiger partial charge is 2.00 e. The zero-order valence-electron chi connectivity index (χ0n) is 8.53. The first-order chi connectivity index (χ1) is 6.72. The van der Waals surface area contributed by atoms with Gasteiger partial charge in [-0.1, -0.05) is 23.9 Å². The van der Waals surface area contributed by atoms with E-state index in [1.807, 2.05) is 0 Å². The van der Waals surface area contributed by atoms with Crippen LogP contribution in [0.5, 0.6) is 5.75 Å². The van der Waals surface area contributed by atoms with E-state index in [4.69, 9.17) is 21.0 Å². The summed E-state index contributed by atoms with van der Waals surface area (Å²) in [6.07, 6.45) is 0. The molecule has 0 aliphatic heterocycles. The van der Waals surface area contributed by atoms with Gasteiger partial charge in [0.05, 0.1) is 5.56 Å². The number of aromatic carboxylic acids is 1. The van der Waals surface area contributed by atoms with E-state index in [0.29, 0.717) is 0 Å². The van der Waals surface area contributed by atoms with Crippen molar-refractivity contribution in [2.45, 2.75) is 0 Å². The van der Waals surface area contributed by atoms with Crippen LogP contribution in [0.3, 0.4) is 0 Å². The summed E-state index contributed by atoms with van der Waals surface area (Å²) in [6.45, 7) is 0. The number of para-hydroxylation sites is 1. The van der Waals surface area contributed by atoms with Crippen molar-refractivity contribution >= 4 is 5.97 Å². The van der Waals surface area contributed by atoms with E-state index in [0.717, 1.165) is 0 Å². The molecule has 0 aromatic heterocycles. The average molecular weight is 384 g/mol. The molecule has 0 heterocycles. The molecule has 0 spiro atoms. The molecule has 0 radical (unpaired) electrons. The molecule has 0 bridgehead atoms. The van der Waals surface area contributed by atoms with Crippen LogP contribution in [-0.2, 0) is 60.2 Å². The van der Waals surface area contributed by atoms with E-state index < -0.39 is 25.3 Å². The number of benzene rings is 1. The number of rotatable bonds is 1. The van der Waals surface area contributed by atoms with Crippen LogP contribution >= 0.6 is 0 Å². The third kappa shape index (κ3) is 13.7. The molecule has 1 aromatic carbocycles. The fourth-order valence-corrected chi connectivity index (χ4v) is 0.643. The van der Waals surface area contributed by atoms with Gasteiger partial charge in [0.15, 0.2) is 0 Å². The van der Waals surface area contributed by atoms with Crippen molar-refractivity contribution in [1.29, 1.82) is 0 Å². The fourth-order valence-electron chi connectivity index (χ4n) is 0.643. The second-order valence-electron chi connectivity index (χ2n) is 2.21. The summed E-state index contributed by atoms with van der Waals surface area (Å²) in [5, 5.41) is 19.0. The molecule has 84 valence electrons. The Balaban J connectivity index is -0.000000247. The van der Waals surface area contributed by atoms with Gasteiger partial charge in [-0.25, -0.2) is 4.79 Å². The van der Waals surface area contributed by atoms with Gasteiger partial charge < -0.3 is 10.2 Å². The Morgan fingerprint density at radius 1 is 1.12 bits per heavy atom. The Morgan fingerprint density at radius 3 is 1.71 bits per heavy atom. The number of carboxylic acid groups (broad SMARTS) is 1. The largest absolute Gasteiger partial charge is 2.00 e. The zero-order chi connectivity index (χ0) is 12.1. The molecule has 17 heavy (non-hydrogen) atoms. The number of hydrogen-bond donors (Lipinski definition) is 1. The van der Waals surface area contributed by atoms with Crippen molar-refractivity contribution in [2.75, 3.05) is 0 Å². The zero-order valence-corrected chi connectivity index (χ0v) is 15.7. The van der Waals surface area contributed by atoms with Crippen LogP contribution in [0.4, 0.5) is 0 Å². The van der Waals surface area contributed by atoms with Crippen molar-refractivity contribution in [3.05, 3.63) is 29.8 Å². The topological polar surface area (TPSA) is 141 Å². The van der Waals surface area contributed by atoms with Gasteiger partial charge in [-0.15, -0.1) is 0 Å². The van der Waals surface area contributed by atoms with Crippen LogP contribution in [0.25, 0.3) is 0 Å². The second kappa shape index (κ2) is 9.78. The molecule has 0 atom stereocenters. The Morgan fingerprint density at radius 2 is 1.47 bits per heavy atom. The summed E-state index contributed by atoms with van der Waals surface area (Å²) < 4.78 is 34.4. The van der Waals surface area contributed by atoms with Crippen molar-refractivity contribution < 1.29 is 83.5 Å². The summed E-state index contributed by atoms with van der Waals surface area (Å²) in [5.41, 5.74) is -0.178. The molecular formula is C7H5CrO7Zn2+. The summed E-state index contributed by atoms with van der Waals surface area (Å²) in [7, 11) is 0. The van der Waals surface area contributed by atoms with Gasteiger partial charge in [-0.2, -0.15) is 0 Å². The SMILES string of the molecule is O=C(O)c1ccccc1[O-].[O]=[Cr](=[O])([O-])[O-].[Zn+2].[Zn+2]. The Kier molecular flexibility index (Phi) is 12.7. The molecule has 0 aliphatic carbocycles. The molecule has 0 aliphatic rings. The monoisotopic (exact) mass is 381 g/mol. The van der Waals surface area contributed by atoms with Crippen LogP contribution in [0.15, 0.2) is 24.3 Å². The maximum Gasteiger partial charge on any atom is 2.00 e. The van der Waals surface area contributed by atoms with E-state index >= 15 is 0 Å². The predicted molar refractivity (Wildman–Crippen MR) is 34.2 cm³/mol. The predicted octanol–water partition coefficient (Wildman–Crippen LogP) is -2.16. The van der Waals surface area contributed by atoms with Crippen LogP contribution in [0, 0.1) is 0 Å². The summed E-state index contributed by atoms with van der Waals surface area (Å²) in [6, 6.07) is 5.54. The third-order valence-corrected chi connectivity index (χ3v) is 1.12. The minimum Gasteiger partial charge on any atom is 2.00 e. The molecular weight excluding hydrogens is 379 g/mol. The molecule has 0 saturated heterocycles. The minimum atomic E-state index is -5.75. The number of hydrogen-bond acceptors (Lipinski definition) is 6. The molecule has 1 aromatic rings. The van der Waals surface area contributed by atoms with Crippen molar-refractivity contribution in [3.63, 3.8) is 0 Å². The van der Waals surface area contributed by atoms with Crippen LogP contribution in [-0.4, -0.2) is 11.1 Å². The maximum atomic E-state index is 10.7. The van der Waals surface area contributed by atoms with Crippen LogP contribution in [0.2, 0.25) is 0 Å². The van der Waals surface area contributed by atoms with E-state index in [9.17, 15) is 9.90 Å². The van der Waals surface area contributed by atoms with Crippen LogP contribution < -0.4 is 13.4 Å². The van der Waals surface area contributed by atoms with Crippen molar-refractivity contribution in [3.8, 4) is 5.75 Å². The van der Waals surface area contributed by atoms with Gasteiger partial charge in [0.1, 0.15) is 0 Å². The van der Waals surface area contributed by atoms with Gasteiger partial charge in [-0.05, 0) is 6.07 Å². The molecule has 0 fully saturated rings. The summed E-state index contributed by atoms with van der Waals surface area (Å²) in [4.78, 5) is 10.2. The van der Waals surface area contributed by atoms with Gasteiger partial charge in [0, 0.05) is 0 Å². The van der Waals surface area contributed by atoms with Gasteiger partial charge in [0.25, 0.3) is 0 Å². The molecule has 0 unspecified atom stereocenters. The quantitative estimate of drug-likeness (QED) is 0.544. The third-order valence-electron chi connectivity index (χ3n) is 1.12. The standard InChI is InChI=1S/C7H6O3.Cr.4O.2Zn/c8-6-4-2-1-3-5(6)7(9)10;;;;;;;/h1-4,8H,(H,9,10);;;;;;;/q;;;;2*-1;2*+2/p-1. The Hall–Kier alpha value is -0.211. The Labute approximate surface area is 124 Å². The van der Waals surface area contributed by atoms with Crippen molar-refractivity contribution in [2.24, 2.45) is 0 Å².